The lowest BCUT2D eigenvalue weighted by atomic mass is 10.1. The molecule has 196 valence electrons. The summed E-state index contributed by atoms with van der Waals surface area (Å²) in [4.78, 5) is 13.0. The van der Waals surface area contributed by atoms with Crippen LogP contribution in [0, 0.1) is 20.8 Å². The fourth-order valence-corrected chi connectivity index (χ4v) is 5.90. The number of sulfonamides is 1. The van der Waals surface area contributed by atoms with Crippen LogP contribution in [-0.4, -0.2) is 43.1 Å². The predicted molar refractivity (Wildman–Crippen MR) is 145 cm³/mol. The molecule has 0 spiro atoms. The predicted octanol–water partition coefficient (Wildman–Crippen LogP) is 4.71. The van der Waals surface area contributed by atoms with Crippen molar-refractivity contribution in [1.82, 2.24) is 9.73 Å². The fraction of sp³-hybridized carbons (Fsp3) is 0.259. The normalized spacial score (nSPS) is 11.7. The standard InChI is InChI=1S/C27H30ClN3O5S/c1-5-36-25-14-22(8-11-24(25)32)15-29-30-26(33)17-31(16-21-6-9-23(28)10-7-21)37(34,35)27-19(3)12-18(2)13-20(27)4/h6-15,32H,5,16-17H2,1-4H3,(H,30,33)/b29-15+. The van der Waals surface area contributed by atoms with Crippen molar-refractivity contribution >= 4 is 33.7 Å². The second-order valence-electron chi connectivity index (χ2n) is 8.58. The summed E-state index contributed by atoms with van der Waals surface area (Å²) in [5, 5.41) is 14.3. The Hall–Kier alpha value is -3.40. The van der Waals surface area contributed by atoms with Gasteiger partial charge in [-0.25, -0.2) is 13.8 Å². The van der Waals surface area contributed by atoms with Crippen molar-refractivity contribution in [2.45, 2.75) is 39.1 Å². The third-order valence-corrected chi connectivity index (χ3v) is 7.83. The van der Waals surface area contributed by atoms with Crippen molar-refractivity contribution in [3.63, 3.8) is 0 Å². The van der Waals surface area contributed by atoms with Crippen LogP contribution in [0.4, 0.5) is 0 Å². The number of carbonyl (C=O) groups is 1. The molecule has 1 amide bonds. The summed E-state index contributed by atoms with van der Waals surface area (Å²) in [5.41, 5.74) is 5.81. The molecule has 0 aliphatic carbocycles. The summed E-state index contributed by atoms with van der Waals surface area (Å²) in [6, 6.07) is 15.0. The number of nitrogens with one attached hydrogen (secondary N) is 1. The Morgan fingerprint density at radius 3 is 2.35 bits per heavy atom. The van der Waals surface area contributed by atoms with Gasteiger partial charge in [-0.05, 0) is 80.3 Å². The molecule has 37 heavy (non-hydrogen) atoms. The molecule has 0 bridgehead atoms. The van der Waals surface area contributed by atoms with Crippen molar-refractivity contribution in [1.29, 1.82) is 0 Å². The van der Waals surface area contributed by atoms with E-state index >= 15 is 0 Å². The van der Waals surface area contributed by atoms with E-state index in [0.29, 0.717) is 39.6 Å². The lowest BCUT2D eigenvalue weighted by Gasteiger charge is -2.24. The average molecular weight is 544 g/mol. The van der Waals surface area contributed by atoms with Crippen LogP contribution >= 0.6 is 11.6 Å². The molecule has 0 radical (unpaired) electrons. The summed E-state index contributed by atoms with van der Waals surface area (Å²) in [6.45, 7) is 7.08. The van der Waals surface area contributed by atoms with Gasteiger partial charge in [-0.2, -0.15) is 9.41 Å². The molecule has 0 saturated heterocycles. The number of phenols is 1. The summed E-state index contributed by atoms with van der Waals surface area (Å²) in [6.07, 6.45) is 1.38. The molecule has 0 fully saturated rings. The SMILES string of the molecule is CCOc1cc(/C=N/NC(=O)CN(Cc2ccc(Cl)cc2)S(=O)(=O)c2c(C)cc(C)cc2C)ccc1O. The molecule has 10 heteroatoms. The van der Waals surface area contributed by atoms with Crippen LogP contribution in [0.15, 0.2) is 64.6 Å². The lowest BCUT2D eigenvalue weighted by molar-refractivity contribution is -0.121. The zero-order chi connectivity index (χ0) is 27.2. The molecule has 8 nitrogen and oxygen atoms in total. The number of benzene rings is 3. The van der Waals surface area contributed by atoms with E-state index in [2.05, 4.69) is 10.5 Å². The molecule has 0 saturated carbocycles. The molecule has 0 aliphatic heterocycles. The topological polar surface area (TPSA) is 108 Å². The zero-order valence-corrected chi connectivity index (χ0v) is 22.7. The monoisotopic (exact) mass is 543 g/mol. The lowest BCUT2D eigenvalue weighted by Crippen LogP contribution is -2.39. The van der Waals surface area contributed by atoms with Crippen LogP contribution < -0.4 is 10.2 Å². The van der Waals surface area contributed by atoms with Gasteiger partial charge in [-0.3, -0.25) is 4.79 Å². The molecule has 0 heterocycles. The molecule has 3 rings (SSSR count). The highest BCUT2D eigenvalue weighted by atomic mass is 35.5. The first-order valence-corrected chi connectivity index (χ1v) is 13.4. The van der Waals surface area contributed by atoms with Gasteiger partial charge in [0.25, 0.3) is 5.91 Å². The Bertz CT molecular complexity index is 1380. The quantitative estimate of drug-likeness (QED) is 0.284. The number of aromatic hydroxyl groups is 1. The van der Waals surface area contributed by atoms with Crippen molar-refractivity contribution in [3.05, 3.63) is 87.4 Å². The summed E-state index contributed by atoms with van der Waals surface area (Å²) >= 11 is 5.98. The number of phenolic OH excluding ortho intramolecular Hbond substituents is 1. The van der Waals surface area contributed by atoms with Gasteiger partial charge in [0.1, 0.15) is 0 Å². The van der Waals surface area contributed by atoms with Gasteiger partial charge in [0.05, 0.1) is 24.3 Å². The maximum Gasteiger partial charge on any atom is 0.255 e. The molecular weight excluding hydrogens is 514 g/mol. The van der Waals surface area contributed by atoms with E-state index in [1.807, 2.05) is 6.92 Å². The highest BCUT2D eigenvalue weighted by Crippen LogP contribution is 2.27. The molecule has 0 aliphatic rings. The van der Waals surface area contributed by atoms with Gasteiger partial charge >= 0.3 is 0 Å². The Morgan fingerprint density at radius 2 is 1.73 bits per heavy atom. The summed E-state index contributed by atoms with van der Waals surface area (Å²) in [5.74, 6) is -0.324. The molecule has 2 N–H and O–H groups in total. The van der Waals surface area contributed by atoms with E-state index in [0.717, 1.165) is 9.87 Å². The van der Waals surface area contributed by atoms with Crippen LogP contribution in [0.5, 0.6) is 11.5 Å². The third-order valence-electron chi connectivity index (χ3n) is 5.48. The number of hydrogen-bond acceptors (Lipinski definition) is 6. The van der Waals surface area contributed by atoms with Crippen LogP contribution in [-0.2, 0) is 21.4 Å². The molecule has 0 aromatic heterocycles. The van der Waals surface area contributed by atoms with Crippen molar-refractivity contribution in [2.24, 2.45) is 5.10 Å². The van der Waals surface area contributed by atoms with Crippen molar-refractivity contribution in [2.75, 3.05) is 13.2 Å². The Labute approximate surface area is 222 Å². The minimum absolute atomic E-state index is 0.00669. The average Bonchev–Trinajstić information content (AvgIpc) is 2.81. The number of rotatable bonds is 10. The first-order valence-electron chi connectivity index (χ1n) is 11.6. The first kappa shape index (κ1) is 28.2. The van der Waals surface area contributed by atoms with E-state index in [9.17, 15) is 18.3 Å². The summed E-state index contributed by atoms with van der Waals surface area (Å²) in [7, 11) is -4.03. The number of hydrazone groups is 1. The van der Waals surface area contributed by atoms with E-state index in [-0.39, 0.29) is 17.2 Å². The highest BCUT2D eigenvalue weighted by molar-refractivity contribution is 7.89. The van der Waals surface area contributed by atoms with Gasteiger partial charge < -0.3 is 9.84 Å². The Kier molecular flexibility index (Phi) is 9.31. The van der Waals surface area contributed by atoms with Crippen molar-refractivity contribution in [3.8, 4) is 11.5 Å². The molecular formula is C27H30ClN3O5S. The molecule has 0 atom stereocenters. The second-order valence-corrected chi connectivity index (χ2v) is 10.9. The maximum atomic E-state index is 13.8. The van der Waals surface area contributed by atoms with Gasteiger partial charge in [0.2, 0.25) is 10.0 Å². The van der Waals surface area contributed by atoms with Gasteiger partial charge in [0, 0.05) is 11.6 Å². The highest BCUT2D eigenvalue weighted by Gasteiger charge is 2.30. The third kappa shape index (κ3) is 7.31. The van der Waals surface area contributed by atoms with E-state index < -0.39 is 22.5 Å². The minimum atomic E-state index is -4.03. The minimum Gasteiger partial charge on any atom is -0.504 e. The zero-order valence-electron chi connectivity index (χ0n) is 21.2. The number of amides is 1. The number of ether oxygens (including phenoxy) is 1. The number of halogens is 1. The van der Waals surface area contributed by atoms with Crippen LogP contribution in [0.2, 0.25) is 5.02 Å². The van der Waals surface area contributed by atoms with Crippen LogP contribution in [0.25, 0.3) is 0 Å². The summed E-state index contributed by atoms with van der Waals surface area (Å²) < 4.78 is 34.0. The number of hydrogen-bond donors (Lipinski definition) is 2. The Morgan fingerprint density at radius 1 is 1.08 bits per heavy atom. The van der Waals surface area contributed by atoms with Gasteiger partial charge in [-0.15, -0.1) is 0 Å². The van der Waals surface area contributed by atoms with Gasteiger partial charge in [0.15, 0.2) is 11.5 Å². The van der Waals surface area contributed by atoms with E-state index in [1.165, 1.54) is 12.3 Å². The fourth-order valence-electron chi connectivity index (χ4n) is 3.98. The smallest absolute Gasteiger partial charge is 0.255 e. The van der Waals surface area contributed by atoms with Crippen LogP contribution in [0.1, 0.15) is 34.7 Å². The largest absolute Gasteiger partial charge is 0.504 e. The number of nitrogens with zero attached hydrogens (tertiary/aromatic N) is 2. The van der Waals surface area contributed by atoms with E-state index in [4.69, 9.17) is 16.3 Å². The first-order chi connectivity index (χ1) is 17.5. The molecule has 3 aromatic carbocycles. The number of aryl methyl sites for hydroxylation is 3. The molecule has 0 unspecified atom stereocenters. The van der Waals surface area contributed by atoms with Crippen molar-refractivity contribution < 1.29 is 23.1 Å². The van der Waals surface area contributed by atoms with E-state index in [1.54, 1.807) is 69.3 Å². The Balaban J connectivity index is 1.84. The number of carbonyl (C=O) groups excluding carboxylic acids is 1. The maximum absolute atomic E-state index is 13.8. The van der Waals surface area contributed by atoms with Gasteiger partial charge in [-0.1, -0.05) is 41.4 Å². The van der Waals surface area contributed by atoms with Crippen LogP contribution in [0.3, 0.4) is 0 Å². The molecule has 3 aromatic rings. The second kappa shape index (κ2) is 12.2.